The van der Waals surface area contributed by atoms with Crippen LogP contribution in [-0.4, -0.2) is 56.3 Å². The van der Waals surface area contributed by atoms with Crippen LogP contribution in [0.25, 0.3) is 0 Å². The number of amides is 1. The van der Waals surface area contributed by atoms with Crippen molar-refractivity contribution in [3.8, 4) is 0 Å². The fourth-order valence-electron chi connectivity index (χ4n) is 2.02. The molecule has 0 bridgehead atoms. The highest BCUT2D eigenvalue weighted by atomic mass is 32.1. The van der Waals surface area contributed by atoms with E-state index in [9.17, 15) is 4.79 Å². The molecular weight excluding hydrogens is 324 g/mol. The van der Waals surface area contributed by atoms with Crippen LogP contribution in [0.5, 0.6) is 0 Å². The summed E-state index contributed by atoms with van der Waals surface area (Å²) >= 11 is 1.78. The van der Waals surface area contributed by atoms with Crippen LogP contribution in [0.15, 0.2) is 22.5 Å². The van der Waals surface area contributed by atoms with Crippen molar-refractivity contribution in [3.63, 3.8) is 0 Å². The second-order valence-electron chi connectivity index (χ2n) is 6.51. The third kappa shape index (κ3) is 8.76. The number of hydrogen-bond acceptors (Lipinski definition) is 4. The number of alkyl carbamates (subject to hydrolysis) is 1. The van der Waals surface area contributed by atoms with E-state index in [-0.39, 0.29) is 6.09 Å². The minimum Gasteiger partial charge on any atom is -0.444 e. The van der Waals surface area contributed by atoms with E-state index >= 15 is 0 Å². The van der Waals surface area contributed by atoms with Gasteiger partial charge in [0.25, 0.3) is 0 Å². The molecule has 1 rings (SSSR count). The summed E-state index contributed by atoms with van der Waals surface area (Å²) in [5, 5.41) is 8.16. The number of aliphatic imine (C=N–C) groups is 1. The molecule has 2 N–H and O–H groups in total. The Morgan fingerprint density at radius 3 is 2.62 bits per heavy atom. The van der Waals surface area contributed by atoms with Crippen molar-refractivity contribution in [1.29, 1.82) is 0 Å². The molecule has 0 saturated carbocycles. The number of nitrogens with zero attached hydrogens (tertiary/aromatic N) is 2. The van der Waals surface area contributed by atoms with Crippen LogP contribution in [0.2, 0.25) is 0 Å². The maximum absolute atomic E-state index is 11.5. The number of rotatable bonds is 7. The zero-order valence-electron chi connectivity index (χ0n) is 15.4. The maximum atomic E-state index is 11.5. The molecule has 24 heavy (non-hydrogen) atoms. The van der Waals surface area contributed by atoms with Gasteiger partial charge in [0.05, 0.1) is 0 Å². The molecule has 0 spiro atoms. The van der Waals surface area contributed by atoms with Crippen LogP contribution in [0, 0.1) is 0 Å². The first-order valence-electron chi connectivity index (χ1n) is 8.23. The SMILES string of the molecule is CN=C(NCCCNC(=O)OC(C)(C)C)N(C)CCc1cccs1. The second kappa shape index (κ2) is 10.2. The van der Waals surface area contributed by atoms with Gasteiger partial charge in [0.15, 0.2) is 5.96 Å². The fourth-order valence-corrected chi connectivity index (χ4v) is 2.71. The van der Waals surface area contributed by atoms with Gasteiger partial charge in [-0.2, -0.15) is 0 Å². The molecule has 7 heteroatoms. The Kier molecular flexibility index (Phi) is 8.60. The van der Waals surface area contributed by atoms with Crippen molar-refractivity contribution < 1.29 is 9.53 Å². The van der Waals surface area contributed by atoms with Crippen molar-refractivity contribution >= 4 is 23.4 Å². The average molecular weight is 355 g/mol. The third-order valence-electron chi connectivity index (χ3n) is 3.15. The molecule has 0 aromatic carbocycles. The van der Waals surface area contributed by atoms with Crippen LogP contribution < -0.4 is 10.6 Å². The van der Waals surface area contributed by atoms with Crippen LogP contribution >= 0.6 is 11.3 Å². The minimum absolute atomic E-state index is 0.375. The van der Waals surface area contributed by atoms with E-state index in [0.29, 0.717) is 6.54 Å². The molecule has 0 saturated heterocycles. The van der Waals surface area contributed by atoms with Gasteiger partial charge in [0.1, 0.15) is 5.60 Å². The van der Waals surface area contributed by atoms with Crippen molar-refractivity contribution in [3.05, 3.63) is 22.4 Å². The number of guanidine groups is 1. The van der Waals surface area contributed by atoms with E-state index in [2.05, 4.69) is 38.0 Å². The van der Waals surface area contributed by atoms with Crippen LogP contribution in [0.3, 0.4) is 0 Å². The molecule has 6 nitrogen and oxygen atoms in total. The number of carbonyl (C=O) groups is 1. The standard InChI is InChI=1S/C17H30N4O2S/c1-17(2,3)23-16(22)20-11-7-10-19-15(18-4)21(5)12-9-14-8-6-13-24-14/h6,8,13H,7,9-12H2,1-5H3,(H,18,19)(H,20,22). The average Bonchev–Trinajstić information content (AvgIpc) is 3.00. The van der Waals surface area contributed by atoms with Gasteiger partial charge in [0, 0.05) is 38.6 Å². The van der Waals surface area contributed by atoms with Crippen molar-refractivity contribution in [2.75, 3.05) is 33.7 Å². The topological polar surface area (TPSA) is 66.0 Å². The Hall–Kier alpha value is -1.76. The summed E-state index contributed by atoms with van der Waals surface area (Å²) < 4.78 is 5.19. The summed E-state index contributed by atoms with van der Waals surface area (Å²) in [5.74, 6) is 0.865. The molecule has 0 aliphatic rings. The smallest absolute Gasteiger partial charge is 0.407 e. The van der Waals surface area contributed by atoms with Gasteiger partial charge in [0.2, 0.25) is 0 Å². The Bertz CT molecular complexity index is 509. The zero-order chi connectivity index (χ0) is 18.0. The maximum Gasteiger partial charge on any atom is 0.407 e. The minimum atomic E-state index is -0.463. The predicted molar refractivity (Wildman–Crippen MR) is 101 cm³/mol. The molecule has 0 aliphatic carbocycles. The number of thiophene rings is 1. The first kappa shape index (κ1) is 20.3. The van der Waals surface area contributed by atoms with Gasteiger partial charge in [-0.1, -0.05) is 6.07 Å². The van der Waals surface area contributed by atoms with Gasteiger partial charge < -0.3 is 20.3 Å². The third-order valence-corrected chi connectivity index (χ3v) is 4.09. The highest BCUT2D eigenvalue weighted by Crippen LogP contribution is 2.09. The van der Waals surface area contributed by atoms with E-state index in [1.165, 1.54) is 4.88 Å². The summed E-state index contributed by atoms with van der Waals surface area (Å²) in [6.07, 6.45) is 1.44. The molecule has 1 aromatic rings. The molecule has 136 valence electrons. The summed E-state index contributed by atoms with van der Waals surface area (Å²) in [7, 11) is 3.81. The van der Waals surface area contributed by atoms with Crippen LogP contribution in [-0.2, 0) is 11.2 Å². The van der Waals surface area contributed by atoms with Gasteiger partial charge in [-0.05, 0) is 45.1 Å². The lowest BCUT2D eigenvalue weighted by atomic mass is 10.2. The zero-order valence-corrected chi connectivity index (χ0v) is 16.2. The van der Waals surface area contributed by atoms with E-state index in [1.54, 1.807) is 18.4 Å². The van der Waals surface area contributed by atoms with Gasteiger partial charge >= 0.3 is 6.09 Å². The largest absolute Gasteiger partial charge is 0.444 e. The first-order valence-corrected chi connectivity index (χ1v) is 9.11. The lowest BCUT2D eigenvalue weighted by Crippen LogP contribution is -2.41. The molecule has 0 fully saturated rings. The number of hydrogen-bond donors (Lipinski definition) is 2. The molecule has 1 amide bonds. The van der Waals surface area contributed by atoms with Gasteiger partial charge in [-0.3, -0.25) is 4.99 Å². The highest BCUT2D eigenvalue weighted by molar-refractivity contribution is 7.09. The Morgan fingerprint density at radius 1 is 1.33 bits per heavy atom. The van der Waals surface area contributed by atoms with Gasteiger partial charge in [-0.15, -0.1) is 11.3 Å². The number of carbonyl (C=O) groups excluding carboxylic acids is 1. The molecule has 0 unspecified atom stereocenters. The lowest BCUT2D eigenvalue weighted by molar-refractivity contribution is 0.0527. The molecule has 0 aliphatic heterocycles. The number of ether oxygens (including phenoxy) is 1. The van der Waals surface area contributed by atoms with Crippen LogP contribution in [0.4, 0.5) is 4.79 Å². The molecule has 0 atom stereocenters. The van der Waals surface area contributed by atoms with E-state index in [0.717, 1.165) is 31.9 Å². The van der Waals surface area contributed by atoms with Crippen molar-refractivity contribution in [2.24, 2.45) is 4.99 Å². The predicted octanol–water partition coefficient (Wildman–Crippen LogP) is 2.71. The fraction of sp³-hybridized carbons (Fsp3) is 0.647. The van der Waals surface area contributed by atoms with Crippen molar-refractivity contribution in [2.45, 2.75) is 39.2 Å². The number of likely N-dealkylation sites (N-methyl/N-ethyl adjacent to an activating group) is 1. The molecule has 1 aromatic heterocycles. The monoisotopic (exact) mass is 354 g/mol. The van der Waals surface area contributed by atoms with E-state index in [4.69, 9.17) is 4.74 Å². The quantitative estimate of drug-likeness (QED) is 0.449. The second-order valence-corrected chi connectivity index (χ2v) is 7.54. The Labute approximate surface area is 149 Å². The number of nitrogens with one attached hydrogen (secondary N) is 2. The normalized spacial score (nSPS) is 12.0. The molecular formula is C17H30N4O2S. The first-order chi connectivity index (χ1) is 11.3. The van der Waals surface area contributed by atoms with Crippen molar-refractivity contribution in [1.82, 2.24) is 15.5 Å². The summed E-state index contributed by atoms with van der Waals surface area (Å²) in [4.78, 5) is 19.3. The van der Waals surface area contributed by atoms with E-state index in [1.807, 2.05) is 27.8 Å². The molecule has 0 radical (unpaired) electrons. The van der Waals surface area contributed by atoms with Crippen LogP contribution in [0.1, 0.15) is 32.1 Å². The molecule has 1 heterocycles. The lowest BCUT2D eigenvalue weighted by Gasteiger charge is -2.22. The summed E-state index contributed by atoms with van der Waals surface area (Å²) in [6, 6.07) is 4.22. The van der Waals surface area contributed by atoms with E-state index < -0.39 is 5.60 Å². The highest BCUT2D eigenvalue weighted by Gasteiger charge is 2.15. The Morgan fingerprint density at radius 2 is 2.04 bits per heavy atom. The summed E-state index contributed by atoms with van der Waals surface area (Å²) in [6.45, 7) is 7.78. The summed E-state index contributed by atoms with van der Waals surface area (Å²) in [5.41, 5.74) is -0.463. The van der Waals surface area contributed by atoms with Gasteiger partial charge in [-0.25, -0.2) is 4.79 Å². The Balaban J connectivity index is 2.18.